The highest BCUT2D eigenvalue weighted by Crippen LogP contribution is 2.20. The summed E-state index contributed by atoms with van der Waals surface area (Å²) in [5.74, 6) is -0.578. The van der Waals surface area contributed by atoms with E-state index in [-0.39, 0.29) is 12.8 Å². The molecular weight excluding hydrogens is 600 g/mol. The second-order valence-corrected chi connectivity index (χ2v) is 14.3. The van der Waals surface area contributed by atoms with Crippen molar-refractivity contribution < 1.29 is 30.0 Å². The molecule has 0 saturated heterocycles. The standard InChI is InChI=1S/2C18H38O.C6H10O4/c2*1-3-5-7-9-10-12-14-16-18(17-19)15-13-11-8-6-4-2;7-5(8)3-1-2-4-6(9)10/h2*18-19H,3-17H2,1-2H3;1-4H2,(H,7,8)(H,9,10). The maximum absolute atomic E-state index is 9.90. The van der Waals surface area contributed by atoms with E-state index in [4.69, 9.17) is 10.2 Å². The predicted molar refractivity (Wildman–Crippen MR) is 207 cm³/mol. The summed E-state index contributed by atoms with van der Waals surface area (Å²) in [5.41, 5.74) is 0. The minimum absolute atomic E-state index is 0.0628. The fourth-order valence-corrected chi connectivity index (χ4v) is 6.06. The quantitative estimate of drug-likeness (QED) is 0.0493. The van der Waals surface area contributed by atoms with Crippen LogP contribution in [-0.4, -0.2) is 45.6 Å². The molecule has 0 heterocycles. The van der Waals surface area contributed by atoms with Gasteiger partial charge in [-0.25, -0.2) is 0 Å². The zero-order valence-corrected chi connectivity index (χ0v) is 32.8. The van der Waals surface area contributed by atoms with E-state index in [1.54, 1.807) is 0 Å². The van der Waals surface area contributed by atoms with Gasteiger partial charge in [-0.2, -0.15) is 0 Å². The molecule has 48 heavy (non-hydrogen) atoms. The van der Waals surface area contributed by atoms with E-state index in [1.807, 2.05) is 0 Å². The molecule has 0 aromatic rings. The number of aliphatic carboxylic acids is 2. The summed E-state index contributed by atoms with van der Waals surface area (Å²) in [4.78, 5) is 19.8. The number of unbranched alkanes of at least 4 members (excludes halogenated alkanes) is 21. The van der Waals surface area contributed by atoms with Gasteiger partial charge in [0.1, 0.15) is 0 Å². The lowest BCUT2D eigenvalue weighted by Crippen LogP contribution is -2.06. The third-order valence-electron chi connectivity index (χ3n) is 9.41. The molecule has 0 aromatic carbocycles. The van der Waals surface area contributed by atoms with Gasteiger partial charge in [-0.05, 0) is 50.4 Å². The van der Waals surface area contributed by atoms with Crippen molar-refractivity contribution in [2.45, 2.75) is 233 Å². The highest BCUT2D eigenvalue weighted by atomic mass is 16.4. The minimum Gasteiger partial charge on any atom is -0.481 e. The molecular formula is C42H86O6. The summed E-state index contributed by atoms with van der Waals surface area (Å²) < 4.78 is 0. The van der Waals surface area contributed by atoms with Crippen molar-refractivity contribution in [2.75, 3.05) is 13.2 Å². The second-order valence-electron chi connectivity index (χ2n) is 14.3. The van der Waals surface area contributed by atoms with Gasteiger partial charge in [-0.3, -0.25) is 9.59 Å². The fraction of sp³-hybridized carbons (Fsp3) is 0.952. The summed E-state index contributed by atoms with van der Waals surface area (Å²) >= 11 is 0. The van der Waals surface area contributed by atoms with Crippen molar-refractivity contribution >= 4 is 11.9 Å². The van der Waals surface area contributed by atoms with Crippen molar-refractivity contribution in [3.63, 3.8) is 0 Å². The maximum Gasteiger partial charge on any atom is 0.303 e. The Balaban J connectivity index is -0.000000665. The molecule has 0 spiro atoms. The summed E-state index contributed by atoms with van der Waals surface area (Å²) in [7, 11) is 0. The number of carbonyl (C=O) groups is 2. The van der Waals surface area contributed by atoms with Crippen LogP contribution >= 0.6 is 0 Å². The Kier molecular flexibility index (Phi) is 48.9. The number of aliphatic hydroxyl groups is 2. The van der Waals surface area contributed by atoms with E-state index in [0.717, 1.165) is 0 Å². The molecule has 2 atom stereocenters. The predicted octanol–water partition coefficient (Wildman–Crippen LogP) is 12.9. The number of carboxylic acids is 2. The first-order valence-corrected chi connectivity index (χ1v) is 21.0. The van der Waals surface area contributed by atoms with Gasteiger partial charge >= 0.3 is 11.9 Å². The number of hydrogen-bond acceptors (Lipinski definition) is 4. The van der Waals surface area contributed by atoms with Gasteiger partial charge in [0.15, 0.2) is 0 Å². The van der Waals surface area contributed by atoms with Crippen LogP contribution in [0.25, 0.3) is 0 Å². The maximum atomic E-state index is 9.90. The third kappa shape index (κ3) is 49.2. The van der Waals surface area contributed by atoms with Crippen LogP contribution in [0.15, 0.2) is 0 Å². The summed E-state index contributed by atoms with van der Waals surface area (Å²) in [5, 5.41) is 35.1. The van der Waals surface area contributed by atoms with Crippen LogP contribution in [-0.2, 0) is 9.59 Å². The first kappa shape index (κ1) is 51.2. The van der Waals surface area contributed by atoms with E-state index in [1.165, 1.54) is 180 Å². The Labute approximate surface area is 299 Å². The largest absolute Gasteiger partial charge is 0.481 e. The monoisotopic (exact) mass is 687 g/mol. The van der Waals surface area contributed by atoms with E-state index < -0.39 is 11.9 Å². The van der Waals surface area contributed by atoms with Gasteiger partial charge in [0.05, 0.1) is 0 Å². The molecule has 290 valence electrons. The number of aliphatic hydroxyl groups excluding tert-OH is 2. The van der Waals surface area contributed by atoms with Crippen LogP contribution in [0, 0.1) is 11.8 Å². The number of rotatable bonds is 35. The molecule has 0 aromatic heterocycles. The summed E-state index contributed by atoms with van der Waals surface area (Å²) in [6, 6.07) is 0. The van der Waals surface area contributed by atoms with Crippen LogP contribution in [0.2, 0.25) is 0 Å². The van der Waals surface area contributed by atoms with Gasteiger partial charge in [-0.1, -0.05) is 182 Å². The van der Waals surface area contributed by atoms with E-state index in [2.05, 4.69) is 27.7 Å². The molecule has 0 radical (unpaired) electrons. The number of carboxylic acid groups (broad SMARTS) is 2. The average molecular weight is 687 g/mol. The molecule has 6 heteroatoms. The Hall–Kier alpha value is -1.14. The third-order valence-corrected chi connectivity index (χ3v) is 9.41. The van der Waals surface area contributed by atoms with E-state index in [9.17, 15) is 19.8 Å². The molecule has 0 aliphatic rings. The van der Waals surface area contributed by atoms with Gasteiger partial charge in [0.25, 0.3) is 0 Å². The molecule has 0 fully saturated rings. The first-order valence-electron chi connectivity index (χ1n) is 21.0. The molecule has 0 aliphatic heterocycles. The van der Waals surface area contributed by atoms with Crippen molar-refractivity contribution in [1.82, 2.24) is 0 Å². The van der Waals surface area contributed by atoms with E-state index >= 15 is 0 Å². The molecule has 0 saturated carbocycles. The Morgan fingerprint density at radius 1 is 0.354 bits per heavy atom. The molecule has 4 N–H and O–H groups in total. The van der Waals surface area contributed by atoms with Gasteiger partial charge in [0, 0.05) is 26.1 Å². The van der Waals surface area contributed by atoms with Crippen molar-refractivity contribution in [3.8, 4) is 0 Å². The van der Waals surface area contributed by atoms with Crippen molar-refractivity contribution in [3.05, 3.63) is 0 Å². The smallest absolute Gasteiger partial charge is 0.303 e. The van der Waals surface area contributed by atoms with Crippen LogP contribution in [0.4, 0.5) is 0 Å². The van der Waals surface area contributed by atoms with Crippen LogP contribution < -0.4 is 0 Å². The highest BCUT2D eigenvalue weighted by molar-refractivity contribution is 5.67. The second kappa shape index (κ2) is 45.9. The van der Waals surface area contributed by atoms with Crippen molar-refractivity contribution in [1.29, 1.82) is 0 Å². The fourth-order valence-electron chi connectivity index (χ4n) is 6.06. The zero-order chi connectivity index (χ0) is 36.4. The first-order chi connectivity index (χ1) is 23.3. The topological polar surface area (TPSA) is 115 Å². The molecule has 0 bridgehead atoms. The minimum atomic E-state index is -0.870. The SMILES string of the molecule is CCCCCCCCCC(CO)CCCCCCC.CCCCCCCCCC(CO)CCCCCCC.O=C(O)CCCCC(=O)O. The molecule has 0 rings (SSSR count). The zero-order valence-electron chi connectivity index (χ0n) is 32.8. The lowest BCUT2D eigenvalue weighted by Gasteiger charge is -2.13. The lowest BCUT2D eigenvalue weighted by molar-refractivity contribution is -0.139. The molecule has 6 nitrogen and oxygen atoms in total. The van der Waals surface area contributed by atoms with Gasteiger partial charge < -0.3 is 20.4 Å². The van der Waals surface area contributed by atoms with Gasteiger partial charge in [-0.15, -0.1) is 0 Å². The van der Waals surface area contributed by atoms with Crippen molar-refractivity contribution in [2.24, 2.45) is 11.8 Å². The van der Waals surface area contributed by atoms with Gasteiger partial charge in [0.2, 0.25) is 0 Å². The Bertz CT molecular complexity index is 559. The Morgan fingerprint density at radius 3 is 0.750 bits per heavy atom. The summed E-state index contributed by atoms with van der Waals surface area (Å²) in [6.45, 7) is 9.88. The van der Waals surface area contributed by atoms with E-state index in [0.29, 0.717) is 37.9 Å². The lowest BCUT2D eigenvalue weighted by atomic mass is 9.95. The number of hydrogen-bond donors (Lipinski definition) is 4. The average Bonchev–Trinajstić information content (AvgIpc) is 3.07. The molecule has 0 amide bonds. The normalized spacial score (nSPS) is 12.0. The van der Waals surface area contributed by atoms with Crippen LogP contribution in [0.3, 0.4) is 0 Å². The molecule has 2 unspecified atom stereocenters. The Morgan fingerprint density at radius 2 is 0.562 bits per heavy atom. The summed E-state index contributed by atoms with van der Waals surface area (Å²) in [6.07, 6.45) is 38.8. The van der Waals surface area contributed by atoms with Crippen LogP contribution in [0.5, 0.6) is 0 Å². The highest BCUT2D eigenvalue weighted by Gasteiger charge is 2.08. The van der Waals surface area contributed by atoms with Crippen LogP contribution in [0.1, 0.15) is 233 Å². The molecule has 0 aliphatic carbocycles.